The van der Waals surface area contributed by atoms with Crippen molar-refractivity contribution in [3.63, 3.8) is 0 Å². The van der Waals surface area contributed by atoms with Gasteiger partial charge in [0.05, 0.1) is 4.92 Å². The lowest BCUT2D eigenvalue weighted by molar-refractivity contribution is -0.384. The number of nitro benzene ring substituents is 1. The Balaban J connectivity index is 2.11. The molecule has 0 saturated carbocycles. The number of ether oxygens (including phenoxy) is 1. The maximum Gasteiger partial charge on any atom is 0.269 e. The second-order valence-electron chi connectivity index (χ2n) is 4.92. The van der Waals surface area contributed by atoms with Gasteiger partial charge >= 0.3 is 0 Å². The molecule has 0 spiro atoms. The van der Waals surface area contributed by atoms with Crippen LogP contribution in [0.25, 0.3) is 0 Å². The van der Waals surface area contributed by atoms with Gasteiger partial charge in [-0.1, -0.05) is 6.07 Å². The Bertz CT molecular complexity index is 633. The van der Waals surface area contributed by atoms with Crippen molar-refractivity contribution in [1.29, 1.82) is 0 Å². The van der Waals surface area contributed by atoms with Crippen LogP contribution in [0, 0.1) is 30.9 Å². The van der Waals surface area contributed by atoms with Crippen molar-refractivity contribution in [3.05, 3.63) is 68.8 Å². The van der Waals surface area contributed by atoms with Crippen molar-refractivity contribution in [2.24, 2.45) is 0 Å². The number of rotatable bonds is 4. The fraction of sp³-hybridized carbons (Fsp3) is 0.250. The molecule has 0 N–H and O–H groups in total. The van der Waals surface area contributed by atoms with Crippen LogP contribution in [0.2, 0.25) is 0 Å². The zero-order valence-corrected chi connectivity index (χ0v) is 11.8. The van der Waals surface area contributed by atoms with E-state index in [-0.39, 0.29) is 5.69 Å². The summed E-state index contributed by atoms with van der Waals surface area (Å²) in [5.41, 5.74) is 4.48. The van der Waals surface area contributed by atoms with Crippen LogP contribution in [0.15, 0.2) is 36.4 Å². The molecule has 0 aliphatic carbocycles. The zero-order valence-electron chi connectivity index (χ0n) is 11.8. The van der Waals surface area contributed by atoms with E-state index < -0.39 is 4.92 Å². The molecule has 0 atom stereocenters. The Kier molecular flexibility index (Phi) is 4.03. The first kappa shape index (κ1) is 14.1. The van der Waals surface area contributed by atoms with Gasteiger partial charge in [0, 0.05) is 12.1 Å². The van der Waals surface area contributed by atoms with Gasteiger partial charge < -0.3 is 4.74 Å². The first-order valence-electron chi connectivity index (χ1n) is 6.41. The predicted molar refractivity (Wildman–Crippen MR) is 78.1 cm³/mol. The van der Waals surface area contributed by atoms with Crippen LogP contribution < -0.4 is 4.74 Å². The third-order valence-electron chi connectivity index (χ3n) is 3.31. The first-order chi connectivity index (χ1) is 9.47. The topological polar surface area (TPSA) is 52.4 Å². The molecule has 0 aromatic heterocycles. The molecule has 4 nitrogen and oxygen atoms in total. The molecule has 0 aliphatic heterocycles. The van der Waals surface area contributed by atoms with Crippen LogP contribution in [0.1, 0.15) is 22.3 Å². The Morgan fingerprint density at radius 3 is 2.35 bits per heavy atom. The smallest absolute Gasteiger partial charge is 0.269 e. The van der Waals surface area contributed by atoms with Crippen LogP contribution in [-0.4, -0.2) is 4.92 Å². The summed E-state index contributed by atoms with van der Waals surface area (Å²) in [6.45, 7) is 6.52. The Morgan fingerprint density at radius 1 is 1.10 bits per heavy atom. The summed E-state index contributed by atoms with van der Waals surface area (Å²) in [5.74, 6) is 0.862. The van der Waals surface area contributed by atoms with Gasteiger partial charge in [0.2, 0.25) is 0 Å². The largest absolute Gasteiger partial charge is 0.489 e. The minimum Gasteiger partial charge on any atom is -0.489 e. The molecule has 2 aromatic carbocycles. The molecule has 0 unspecified atom stereocenters. The van der Waals surface area contributed by atoms with Crippen molar-refractivity contribution in [2.45, 2.75) is 27.4 Å². The summed E-state index contributed by atoms with van der Waals surface area (Å²) in [5, 5.41) is 10.6. The van der Waals surface area contributed by atoms with E-state index in [1.54, 1.807) is 12.1 Å². The fourth-order valence-corrected chi connectivity index (χ4v) is 2.03. The van der Waals surface area contributed by atoms with Gasteiger partial charge in [0.15, 0.2) is 0 Å². The third kappa shape index (κ3) is 3.15. The van der Waals surface area contributed by atoms with E-state index in [9.17, 15) is 10.1 Å². The number of nitrogens with zero attached hydrogens (tertiary/aromatic N) is 1. The summed E-state index contributed by atoms with van der Waals surface area (Å²) in [7, 11) is 0. The molecule has 2 aromatic rings. The number of benzene rings is 2. The fourth-order valence-electron chi connectivity index (χ4n) is 2.03. The number of hydrogen-bond donors (Lipinski definition) is 0. The lowest BCUT2D eigenvalue weighted by atomic mass is 10.1. The molecule has 20 heavy (non-hydrogen) atoms. The van der Waals surface area contributed by atoms with E-state index in [4.69, 9.17) is 4.74 Å². The Morgan fingerprint density at radius 2 is 1.75 bits per heavy atom. The SMILES string of the molecule is Cc1cc(C)c(C)c(OCc2ccc([N+](=O)[O-])cc2)c1. The summed E-state index contributed by atoms with van der Waals surface area (Å²) in [6.07, 6.45) is 0. The second kappa shape index (κ2) is 5.74. The third-order valence-corrected chi connectivity index (χ3v) is 3.31. The van der Waals surface area contributed by atoms with Crippen molar-refractivity contribution >= 4 is 5.69 Å². The number of nitro groups is 1. The van der Waals surface area contributed by atoms with Gasteiger partial charge in [-0.2, -0.15) is 0 Å². The Hall–Kier alpha value is -2.36. The van der Waals surface area contributed by atoms with Gasteiger partial charge in [-0.05, 0) is 61.2 Å². The quantitative estimate of drug-likeness (QED) is 0.621. The van der Waals surface area contributed by atoms with Gasteiger partial charge in [-0.15, -0.1) is 0 Å². The van der Waals surface area contributed by atoms with Crippen LogP contribution in [0.5, 0.6) is 5.75 Å². The van der Waals surface area contributed by atoms with E-state index in [1.807, 2.05) is 19.9 Å². The van der Waals surface area contributed by atoms with Crippen molar-refractivity contribution in [1.82, 2.24) is 0 Å². The summed E-state index contributed by atoms with van der Waals surface area (Å²) in [6, 6.07) is 10.5. The van der Waals surface area contributed by atoms with Crippen molar-refractivity contribution < 1.29 is 9.66 Å². The van der Waals surface area contributed by atoms with Crippen molar-refractivity contribution in [3.8, 4) is 5.75 Å². The molecular formula is C16H17NO3. The van der Waals surface area contributed by atoms with E-state index in [0.29, 0.717) is 6.61 Å². The van der Waals surface area contributed by atoms with Crippen LogP contribution in [0.3, 0.4) is 0 Å². The van der Waals surface area contributed by atoms with E-state index in [2.05, 4.69) is 13.0 Å². The normalized spacial score (nSPS) is 10.3. The molecule has 0 bridgehead atoms. The molecule has 0 fully saturated rings. The standard InChI is InChI=1S/C16H17NO3/c1-11-8-12(2)13(3)16(9-11)20-10-14-4-6-15(7-5-14)17(18)19/h4-9H,10H2,1-3H3. The molecule has 0 saturated heterocycles. The summed E-state index contributed by atoms with van der Waals surface area (Å²) < 4.78 is 5.81. The number of non-ortho nitro benzene ring substituents is 1. The molecule has 0 amide bonds. The molecule has 4 heteroatoms. The highest BCUT2D eigenvalue weighted by Gasteiger charge is 2.06. The number of aryl methyl sites for hydroxylation is 2. The van der Waals surface area contributed by atoms with Gasteiger partial charge in [-0.25, -0.2) is 0 Å². The molecular weight excluding hydrogens is 254 g/mol. The van der Waals surface area contributed by atoms with E-state index in [1.165, 1.54) is 17.7 Å². The van der Waals surface area contributed by atoms with Gasteiger partial charge in [0.1, 0.15) is 12.4 Å². The predicted octanol–water partition coefficient (Wildman–Crippen LogP) is 4.10. The summed E-state index contributed by atoms with van der Waals surface area (Å²) >= 11 is 0. The minimum atomic E-state index is -0.404. The highest BCUT2D eigenvalue weighted by molar-refractivity contribution is 5.42. The van der Waals surface area contributed by atoms with Crippen LogP contribution in [0.4, 0.5) is 5.69 Å². The maximum atomic E-state index is 10.6. The average Bonchev–Trinajstić information content (AvgIpc) is 2.41. The van der Waals surface area contributed by atoms with Crippen LogP contribution in [-0.2, 0) is 6.61 Å². The van der Waals surface area contributed by atoms with Crippen molar-refractivity contribution in [2.75, 3.05) is 0 Å². The molecule has 0 heterocycles. The zero-order chi connectivity index (χ0) is 14.7. The van der Waals surface area contributed by atoms with Gasteiger partial charge in [0.25, 0.3) is 5.69 Å². The molecule has 2 rings (SSSR count). The van der Waals surface area contributed by atoms with Gasteiger partial charge in [-0.3, -0.25) is 10.1 Å². The average molecular weight is 271 g/mol. The monoisotopic (exact) mass is 271 g/mol. The van der Waals surface area contributed by atoms with E-state index >= 15 is 0 Å². The maximum absolute atomic E-state index is 10.6. The molecule has 0 radical (unpaired) electrons. The van der Waals surface area contributed by atoms with E-state index in [0.717, 1.165) is 22.4 Å². The Labute approximate surface area is 118 Å². The number of hydrogen-bond acceptors (Lipinski definition) is 3. The van der Waals surface area contributed by atoms with Crippen LogP contribution >= 0.6 is 0 Å². The lowest BCUT2D eigenvalue weighted by Crippen LogP contribution is -1.99. The highest BCUT2D eigenvalue weighted by atomic mass is 16.6. The molecule has 104 valence electrons. The lowest BCUT2D eigenvalue weighted by Gasteiger charge is -2.12. The summed E-state index contributed by atoms with van der Waals surface area (Å²) in [4.78, 5) is 10.2. The minimum absolute atomic E-state index is 0.0938. The molecule has 0 aliphatic rings. The first-order valence-corrected chi connectivity index (χ1v) is 6.41. The highest BCUT2D eigenvalue weighted by Crippen LogP contribution is 2.24. The second-order valence-corrected chi connectivity index (χ2v) is 4.92.